The summed E-state index contributed by atoms with van der Waals surface area (Å²) < 4.78 is 10.8. The zero-order chi connectivity index (χ0) is 12.1. The standard InChI is InChI=1S/C13H14N2O2/c14-10-5-7-11(8-6-10)16-9-17-13-4-2-1-3-12(13)15/h1-8H,9,14-15H2. The van der Waals surface area contributed by atoms with Gasteiger partial charge in [-0.3, -0.25) is 0 Å². The number of benzene rings is 2. The van der Waals surface area contributed by atoms with Gasteiger partial charge >= 0.3 is 0 Å². The molecule has 2 rings (SSSR count). The van der Waals surface area contributed by atoms with Gasteiger partial charge < -0.3 is 20.9 Å². The van der Waals surface area contributed by atoms with E-state index in [1.807, 2.05) is 12.1 Å². The van der Waals surface area contributed by atoms with Gasteiger partial charge in [0.2, 0.25) is 6.79 Å². The molecule has 0 heterocycles. The van der Waals surface area contributed by atoms with E-state index in [1.54, 1.807) is 36.4 Å². The summed E-state index contributed by atoms with van der Waals surface area (Å²) in [6, 6.07) is 14.4. The van der Waals surface area contributed by atoms with Crippen molar-refractivity contribution in [1.29, 1.82) is 0 Å². The second kappa shape index (κ2) is 5.12. The normalized spacial score (nSPS) is 9.88. The van der Waals surface area contributed by atoms with Crippen molar-refractivity contribution < 1.29 is 9.47 Å². The third-order valence-electron chi connectivity index (χ3n) is 2.24. The zero-order valence-electron chi connectivity index (χ0n) is 9.30. The van der Waals surface area contributed by atoms with Gasteiger partial charge in [0.1, 0.15) is 11.5 Å². The molecule has 2 aromatic rings. The number of ether oxygens (including phenoxy) is 2. The summed E-state index contributed by atoms with van der Waals surface area (Å²) in [6.07, 6.45) is 0. The molecule has 0 unspecified atom stereocenters. The van der Waals surface area contributed by atoms with Gasteiger partial charge in [-0.1, -0.05) is 12.1 Å². The van der Waals surface area contributed by atoms with Gasteiger partial charge in [-0.2, -0.15) is 0 Å². The molecule has 4 nitrogen and oxygen atoms in total. The highest BCUT2D eigenvalue weighted by atomic mass is 16.7. The number of rotatable bonds is 4. The van der Waals surface area contributed by atoms with E-state index in [0.29, 0.717) is 22.9 Å². The van der Waals surface area contributed by atoms with Crippen LogP contribution < -0.4 is 20.9 Å². The van der Waals surface area contributed by atoms with Crippen LogP contribution in [0.1, 0.15) is 0 Å². The van der Waals surface area contributed by atoms with Crippen molar-refractivity contribution in [2.75, 3.05) is 18.3 Å². The minimum atomic E-state index is 0.109. The predicted molar refractivity (Wildman–Crippen MR) is 67.8 cm³/mol. The lowest BCUT2D eigenvalue weighted by molar-refractivity contribution is 0.120. The largest absolute Gasteiger partial charge is 0.457 e. The van der Waals surface area contributed by atoms with Crippen molar-refractivity contribution in [3.05, 3.63) is 48.5 Å². The van der Waals surface area contributed by atoms with Crippen LogP contribution in [0.15, 0.2) is 48.5 Å². The van der Waals surface area contributed by atoms with Gasteiger partial charge in [0.05, 0.1) is 5.69 Å². The summed E-state index contributed by atoms with van der Waals surface area (Å²) in [5, 5.41) is 0. The summed E-state index contributed by atoms with van der Waals surface area (Å²) in [5.74, 6) is 1.32. The van der Waals surface area contributed by atoms with Gasteiger partial charge in [0, 0.05) is 5.69 Å². The molecule has 0 atom stereocenters. The lowest BCUT2D eigenvalue weighted by Gasteiger charge is -2.10. The summed E-state index contributed by atoms with van der Waals surface area (Å²) in [7, 11) is 0. The lowest BCUT2D eigenvalue weighted by Crippen LogP contribution is -2.06. The first-order valence-corrected chi connectivity index (χ1v) is 5.21. The maximum atomic E-state index is 5.72. The molecule has 0 aromatic heterocycles. The van der Waals surface area contributed by atoms with E-state index < -0.39 is 0 Å². The SMILES string of the molecule is Nc1ccc(OCOc2ccccc2N)cc1. The molecular formula is C13H14N2O2. The molecule has 88 valence electrons. The van der Waals surface area contributed by atoms with Crippen molar-refractivity contribution >= 4 is 11.4 Å². The molecule has 0 aliphatic heterocycles. The first-order valence-electron chi connectivity index (χ1n) is 5.21. The molecule has 0 bridgehead atoms. The fourth-order valence-electron chi connectivity index (χ4n) is 1.34. The van der Waals surface area contributed by atoms with Crippen LogP contribution in [-0.4, -0.2) is 6.79 Å². The van der Waals surface area contributed by atoms with Crippen molar-refractivity contribution in [1.82, 2.24) is 0 Å². The van der Waals surface area contributed by atoms with Crippen molar-refractivity contribution in [2.45, 2.75) is 0 Å². The van der Waals surface area contributed by atoms with E-state index in [2.05, 4.69) is 0 Å². The fraction of sp³-hybridized carbons (Fsp3) is 0.0769. The third-order valence-corrected chi connectivity index (χ3v) is 2.24. The molecule has 0 fully saturated rings. The number of nitrogens with two attached hydrogens (primary N) is 2. The van der Waals surface area contributed by atoms with E-state index in [-0.39, 0.29) is 6.79 Å². The van der Waals surface area contributed by atoms with Gasteiger partial charge in [0.15, 0.2) is 0 Å². The molecular weight excluding hydrogens is 216 g/mol. The first kappa shape index (κ1) is 11.1. The predicted octanol–water partition coefficient (Wildman–Crippen LogP) is 2.27. The molecule has 2 aromatic carbocycles. The van der Waals surface area contributed by atoms with E-state index in [9.17, 15) is 0 Å². The van der Waals surface area contributed by atoms with Gasteiger partial charge in [-0.05, 0) is 36.4 Å². The number of hydrogen-bond donors (Lipinski definition) is 2. The minimum absolute atomic E-state index is 0.109. The summed E-state index contributed by atoms with van der Waals surface area (Å²) >= 11 is 0. The van der Waals surface area contributed by atoms with Crippen LogP contribution in [-0.2, 0) is 0 Å². The van der Waals surface area contributed by atoms with Crippen LogP contribution in [0.4, 0.5) is 11.4 Å². The molecule has 0 aliphatic rings. The smallest absolute Gasteiger partial charge is 0.230 e. The maximum absolute atomic E-state index is 5.72. The quantitative estimate of drug-likeness (QED) is 0.624. The topological polar surface area (TPSA) is 70.5 Å². The van der Waals surface area contributed by atoms with Crippen LogP contribution in [0.3, 0.4) is 0 Å². The summed E-state index contributed by atoms with van der Waals surface area (Å²) in [5.41, 5.74) is 12.6. The summed E-state index contributed by atoms with van der Waals surface area (Å²) in [4.78, 5) is 0. The lowest BCUT2D eigenvalue weighted by atomic mass is 10.3. The molecule has 0 saturated heterocycles. The number of nitrogen functional groups attached to an aromatic ring is 2. The van der Waals surface area contributed by atoms with E-state index in [4.69, 9.17) is 20.9 Å². The Hall–Kier alpha value is -2.36. The zero-order valence-corrected chi connectivity index (χ0v) is 9.30. The van der Waals surface area contributed by atoms with Crippen LogP contribution in [0.25, 0.3) is 0 Å². The van der Waals surface area contributed by atoms with Crippen molar-refractivity contribution in [2.24, 2.45) is 0 Å². The molecule has 0 saturated carbocycles. The van der Waals surface area contributed by atoms with Crippen LogP contribution in [0.2, 0.25) is 0 Å². The van der Waals surface area contributed by atoms with Crippen molar-refractivity contribution in [3.8, 4) is 11.5 Å². The Morgan fingerprint density at radius 2 is 1.53 bits per heavy atom. The molecule has 4 N–H and O–H groups in total. The van der Waals surface area contributed by atoms with Crippen LogP contribution in [0, 0.1) is 0 Å². The highest BCUT2D eigenvalue weighted by Crippen LogP contribution is 2.20. The Bertz CT molecular complexity index is 483. The Morgan fingerprint density at radius 1 is 0.824 bits per heavy atom. The van der Waals surface area contributed by atoms with E-state index >= 15 is 0 Å². The van der Waals surface area contributed by atoms with Crippen molar-refractivity contribution in [3.63, 3.8) is 0 Å². The molecule has 0 amide bonds. The van der Waals surface area contributed by atoms with Crippen LogP contribution in [0.5, 0.6) is 11.5 Å². The monoisotopic (exact) mass is 230 g/mol. The maximum Gasteiger partial charge on any atom is 0.230 e. The average molecular weight is 230 g/mol. The van der Waals surface area contributed by atoms with Crippen LogP contribution >= 0.6 is 0 Å². The average Bonchev–Trinajstić information content (AvgIpc) is 2.34. The minimum Gasteiger partial charge on any atom is -0.457 e. The fourth-order valence-corrected chi connectivity index (χ4v) is 1.34. The van der Waals surface area contributed by atoms with Gasteiger partial charge in [-0.25, -0.2) is 0 Å². The Kier molecular flexibility index (Phi) is 3.35. The molecule has 4 heteroatoms. The second-order valence-corrected chi connectivity index (χ2v) is 3.51. The Labute approximate surface area is 99.8 Å². The highest BCUT2D eigenvalue weighted by Gasteiger charge is 1.98. The molecule has 0 aliphatic carbocycles. The number of anilines is 2. The molecule has 0 radical (unpaired) electrons. The van der Waals surface area contributed by atoms with E-state index in [0.717, 1.165) is 0 Å². The molecule has 17 heavy (non-hydrogen) atoms. The third kappa shape index (κ3) is 3.04. The number of hydrogen-bond acceptors (Lipinski definition) is 4. The van der Waals surface area contributed by atoms with Gasteiger partial charge in [-0.15, -0.1) is 0 Å². The highest BCUT2D eigenvalue weighted by molar-refractivity contribution is 5.51. The van der Waals surface area contributed by atoms with Gasteiger partial charge in [0.25, 0.3) is 0 Å². The first-order chi connectivity index (χ1) is 8.25. The Balaban J connectivity index is 1.88. The number of para-hydroxylation sites is 2. The second-order valence-electron chi connectivity index (χ2n) is 3.51. The molecule has 0 spiro atoms. The summed E-state index contributed by atoms with van der Waals surface area (Å²) in [6.45, 7) is 0.109. The Morgan fingerprint density at radius 3 is 2.24 bits per heavy atom. The van der Waals surface area contributed by atoms with E-state index in [1.165, 1.54) is 0 Å².